The summed E-state index contributed by atoms with van der Waals surface area (Å²) in [5.74, 6) is 4.75. The summed E-state index contributed by atoms with van der Waals surface area (Å²) in [6, 6.07) is 1.12. The Morgan fingerprint density at radius 3 is 2.57 bits per heavy atom. The number of pyridine rings is 1. The lowest BCUT2D eigenvalue weighted by Crippen LogP contribution is -2.38. The number of hydrogen-bond donors (Lipinski definition) is 1. The Hall–Kier alpha value is -1.63. The minimum atomic E-state index is -4.63. The van der Waals surface area contributed by atoms with Gasteiger partial charge >= 0.3 is 6.18 Å². The summed E-state index contributed by atoms with van der Waals surface area (Å²) in [6.45, 7) is -1.01. The molecule has 0 spiro atoms. The summed E-state index contributed by atoms with van der Waals surface area (Å²) in [5, 5.41) is 8.57. The highest BCUT2D eigenvalue weighted by atomic mass is 32.2. The van der Waals surface area contributed by atoms with Gasteiger partial charge in [-0.05, 0) is 6.07 Å². The predicted octanol–water partition coefficient (Wildman–Crippen LogP) is 0.998. The third kappa shape index (κ3) is 5.00. The van der Waals surface area contributed by atoms with Gasteiger partial charge in [0.2, 0.25) is 10.0 Å². The zero-order valence-corrected chi connectivity index (χ0v) is 11.9. The number of hydrogen-bond acceptors (Lipinski definition) is 4. The number of rotatable bonds is 4. The van der Waals surface area contributed by atoms with E-state index in [1.807, 2.05) is 0 Å². The van der Waals surface area contributed by atoms with Gasteiger partial charge in [0.05, 0.1) is 0 Å². The summed E-state index contributed by atoms with van der Waals surface area (Å²) >= 11 is 0. The van der Waals surface area contributed by atoms with Crippen LogP contribution in [0.1, 0.15) is 12.5 Å². The van der Waals surface area contributed by atoms with E-state index in [0.29, 0.717) is 4.31 Å². The third-order valence-electron chi connectivity index (χ3n) is 2.37. The molecule has 0 saturated heterocycles. The van der Waals surface area contributed by atoms with Crippen LogP contribution in [0.15, 0.2) is 23.4 Å². The van der Waals surface area contributed by atoms with Crippen molar-refractivity contribution in [2.75, 3.05) is 19.7 Å². The molecule has 1 aromatic rings. The summed E-state index contributed by atoms with van der Waals surface area (Å²) < 4.78 is 61.9. The Labute approximate surface area is 120 Å². The van der Waals surface area contributed by atoms with Crippen LogP contribution >= 0.6 is 0 Å². The molecule has 9 heteroatoms. The van der Waals surface area contributed by atoms with E-state index < -0.39 is 29.4 Å². The van der Waals surface area contributed by atoms with Crippen molar-refractivity contribution < 1.29 is 26.7 Å². The summed E-state index contributed by atoms with van der Waals surface area (Å²) in [7, 11) is -4.31. The van der Waals surface area contributed by atoms with Crippen molar-refractivity contribution in [1.82, 2.24) is 9.29 Å². The summed E-state index contributed by atoms with van der Waals surface area (Å²) in [4.78, 5) is 3.27. The molecule has 5 nitrogen and oxygen atoms in total. The van der Waals surface area contributed by atoms with Gasteiger partial charge < -0.3 is 5.11 Å². The molecule has 0 bridgehead atoms. The molecule has 0 atom stereocenters. The van der Waals surface area contributed by atoms with Crippen molar-refractivity contribution in [3.05, 3.63) is 24.0 Å². The van der Waals surface area contributed by atoms with Gasteiger partial charge in [-0.3, -0.25) is 4.98 Å². The lowest BCUT2D eigenvalue weighted by Gasteiger charge is -2.21. The second kappa shape index (κ2) is 6.89. The van der Waals surface area contributed by atoms with Crippen LogP contribution in [0.4, 0.5) is 13.2 Å². The van der Waals surface area contributed by atoms with E-state index in [4.69, 9.17) is 5.11 Å². The van der Waals surface area contributed by atoms with Gasteiger partial charge in [0.25, 0.3) is 0 Å². The van der Waals surface area contributed by atoms with Gasteiger partial charge in [-0.25, -0.2) is 8.42 Å². The van der Waals surface area contributed by atoms with E-state index in [2.05, 4.69) is 16.8 Å². The SMILES string of the molecule is CCN(CC(F)(F)F)S(=O)(=O)c1cncc(C#CCO)c1. The summed E-state index contributed by atoms with van der Waals surface area (Å²) in [6.07, 6.45) is -2.43. The highest BCUT2D eigenvalue weighted by Gasteiger charge is 2.36. The van der Waals surface area contributed by atoms with E-state index in [1.165, 1.54) is 13.1 Å². The maximum Gasteiger partial charge on any atom is 0.402 e. The molecule has 0 fully saturated rings. The van der Waals surface area contributed by atoms with Crippen molar-refractivity contribution in [2.24, 2.45) is 0 Å². The Morgan fingerprint density at radius 2 is 2.05 bits per heavy atom. The molecule has 0 radical (unpaired) electrons. The molecular formula is C12H13F3N2O3S. The minimum Gasteiger partial charge on any atom is -0.384 e. The van der Waals surface area contributed by atoms with E-state index in [9.17, 15) is 21.6 Å². The largest absolute Gasteiger partial charge is 0.402 e. The number of halogens is 3. The monoisotopic (exact) mass is 322 g/mol. The molecule has 21 heavy (non-hydrogen) atoms. The first-order valence-electron chi connectivity index (χ1n) is 5.82. The fourth-order valence-electron chi connectivity index (χ4n) is 1.49. The van der Waals surface area contributed by atoms with Crippen LogP contribution in [-0.2, 0) is 10.0 Å². The lowest BCUT2D eigenvalue weighted by atomic mass is 10.3. The van der Waals surface area contributed by atoms with Crippen molar-refractivity contribution in [3.8, 4) is 11.8 Å². The molecule has 0 aliphatic carbocycles. The topological polar surface area (TPSA) is 70.5 Å². The Kier molecular flexibility index (Phi) is 5.71. The second-order valence-electron chi connectivity index (χ2n) is 3.92. The number of alkyl halides is 3. The number of nitrogens with zero attached hydrogens (tertiary/aromatic N) is 2. The van der Waals surface area contributed by atoms with Gasteiger partial charge in [-0.1, -0.05) is 18.8 Å². The average molecular weight is 322 g/mol. The second-order valence-corrected chi connectivity index (χ2v) is 5.85. The van der Waals surface area contributed by atoms with Crippen LogP contribution in [0.25, 0.3) is 0 Å². The highest BCUT2D eigenvalue weighted by molar-refractivity contribution is 7.89. The first-order valence-corrected chi connectivity index (χ1v) is 7.26. The van der Waals surface area contributed by atoms with E-state index in [-0.39, 0.29) is 17.0 Å². The fraction of sp³-hybridized carbons (Fsp3) is 0.417. The first-order chi connectivity index (χ1) is 9.70. The summed E-state index contributed by atoms with van der Waals surface area (Å²) in [5.41, 5.74) is 0.188. The smallest absolute Gasteiger partial charge is 0.384 e. The lowest BCUT2D eigenvalue weighted by molar-refractivity contribution is -0.135. The zero-order valence-electron chi connectivity index (χ0n) is 11.1. The molecule has 0 unspecified atom stereocenters. The molecule has 1 N–H and O–H groups in total. The van der Waals surface area contributed by atoms with E-state index in [0.717, 1.165) is 12.3 Å². The first kappa shape index (κ1) is 17.4. The molecule has 0 amide bonds. The molecule has 0 saturated carbocycles. The highest BCUT2D eigenvalue weighted by Crippen LogP contribution is 2.22. The molecular weight excluding hydrogens is 309 g/mol. The van der Waals surface area contributed by atoms with Crippen LogP contribution < -0.4 is 0 Å². The minimum absolute atomic E-state index is 0.188. The molecule has 0 aromatic carbocycles. The number of sulfonamides is 1. The fourth-order valence-corrected chi connectivity index (χ4v) is 2.91. The van der Waals surface area contributed by atoms with Gasteiger partial charge in [-0.2, -0.15) is 17.5 Å². The van der Waals surface area contributed by atoms with Crippen molar-refractivity contribution in [2.45, 2.75) is 18.0 Å². The maximum absolute atomic E-state index is 12.4. The van der Waals surface area contributed by atoms with Crippen molar-refractivity contribution >= 4 is 10.0 Å². The van der Waals surface area contributed by atoms with Gasteiger partial charge in [0.1, 0.15) is 18.0 Å². The predicted molar refractivity (Wildman–Crippen MR) is 68.7 cm³/mol. The Morgan fingerprint density at radius 1 is 1.38 bits per heavy atom. The van der Waals surface area contributed by atoms with Crippen LogP contribution in [0.2, 0.25) is 0 Å². The third-order valence-corrected chi connectivity index (χ3v) is 4.26. The number of aromatic nitrogens is 1. The van der Waals surface area contributed by atoms with E-state index in [1.54, 1.807) is 0 Å². The van der Waals surface area contributed by atoms with E-state index >= 15 is 0 Å². The standard InChI is InChI=1S/C12H13F3N2O3S/c1-2-17(9-12(13,14)15)21(19,20)11-6-10(4-3-5-18)7-16-8-11/h6-8,18H,2,5,9H2,1H3. The number of aliphatic hydroxyl groups excluding tert-OH is 1. The molecule has 116 valence electrons. The van der Waals surface area contributed by atoms with Gasteiger partial charge in [0.15, 0.2) is 0 Å². The van der Waals surface area contributed by atoms with Crippen LogP contribution in [-0.4, -0.2) is 48.7 Å². The number of aliphatic hydroxyl groups is 1. The zero-order chi connectivity index (χ0) is 16.1. The molecule has 0 aliphatic heterocycles. The van der Waals surface area contributed by atoms with Crippen LogP contribution in [0.3, 0.4) is 0 Å². The molecule has 1 rings (SSSR count). The maximum atomic E-state index is 12.4. The van der Waals surface area contributed by atoms with Crippen LogP contribution in [0, 0.1) is 11.8 Å². The van der Waals surface area contributed by atoms with Gasteiger partial charge in [-0.15, -0.1) is 0 Å². The van der Waals surface area contributed by atoms with Crippen molar-refractivity contribution in [1.29, 1.82) is 0 Å². The molecule has 1 heterocycles. The van der Waals surface area contributed by atoms with Crippen LogP contribution in [0.5, 0.6) is 0 Å². The average Bonchev–Trinajstić information content (AvgIpc) is 2.41. The Balaban J connectivity index is 3.17. The van der Waals surface area contributed by atoms with Crippen molar-refractivity contribution in [3.63, 3.8) is 0 Å². The Bertz CT molecular complexity index is 648. The quantitative estimate of drug-likeness (QED) is 0.840. The molecule has 0 aliphatic rings. The normalized spacial score (nSPS) is 12.1. The van der Waals surface area contributed by atoms with Gasteiger partial charge in [0, 0.05) is 24.5 Å². The molecule has 1 aromatic heterocycles.